The van der Waals surface area contributed by atoms with E-state index in [4.69, 9.17) is 5.73 Å². The number of hydrogen-bond acceptors (Lipinski definition) is 5. The smallest absolute Gasteiger partial charge is 0.246 e. The van der Waals surface area contributed by atoms with Crippen LogP contribution in [0.3, 0.4) is 0 Å². The van der Waals surface area contributed by atoms with E-state index >= 15 is 0 Å². The van der Waals surface area contributed by atoms with Crippen molar-refractivity contribution in [2.45, 2.75) is 25.3 Å². The second-order valence-corrected chi connectivity index (χ2v) is 8.33. The first-order chi connectivity index (χ1) is 9.37. The Morgan fingerprint density at radius 2 is 1.90 bits per heavy atom. The van der Waals surface area contributed by atoms with Gasteiger partial charge in [-0.05, 0) is 13.8 Å². The summed E-state index contributed by atoms with van der Waals surface area (Å²) in [6.45, 7) is 4.93. The lowest BCUT2D eigenvalue weighted by Gasteiger charge is -2.25. The van der Waals surface area contributed by atoms with Crippen LogP contribution in [0.5, 0.6) is 0 Å². The molecule has 0 spiro atoms. The maximum Gasteiger partial charge on any atom is 0.246 e. The van der Waals surface area contributed by atoms with E-state index in [1.165, 1.54) is 4.31 Å². The van der Waals surface area contributed by atoms with Gasteiger partial charge in [-0.1, -0.05) is 0 Å². The number of aryl methyl sites for hydroxylation is 1. The molecule has 114 valence electrons. The Labute approximate surface area is 121 Å². The summed E-state index contributed by atoms with van der Waals surface area (Å²) >= 11 is 0. The predicted molar refractivity (Wildman–Crippen MR) is 77.4 cm³/mol. The van der Waals surface area contributed by atoms with Gasteiger partial charge >= 0.3 is 0 Å². The third-order valence-electron chi connectivity index (χ3n) is 3.39. The van der Waals surface area contributed by atoms with E-state index in [-0.39, 0.29) is 4.90 Å². The van der Waals surface area contributed by atoms with Crippen molar-refractivity contribution in [3.05, 3.63) is 11.4 Å². The minimum atomic E-state index is -3.57. The van der Waals surface area contributed by atoms with Gasteiger partial charge in [0.1, 0.15) is 4.90 Å². The van der Waals surface area contributed by atoms with Gasteiger partial charge in [0, 0.05) is 41.9 Å². The minimum absolute atomic E-state index is 0.263. The number of rotatable bonds is 4. The monoisotopic (exact) mass is 320 g/mol. The molecular weight excluding hydrogens is 300 g/mol. The van der Waals surface area contributed by atoms with E-state index < -0.39 is 20.8 Å². The molecule has 2 heterocycles. The highest BCUT2D eigenvalue weighted by Crippen LogP contribution is 2.24. The fraction of sp³-hybridized carbons (Fsp3) is 0.727. The van der Waals surface area contributed by atoms with E-state index in [0.717, 1.165) is 0 Å². The number of nitrogens with zero attached hydrogens (tertiary/aromatic N) is 3. The highest BCUT2D eigenvalue weighted by atomic mass is 32.2. The molecule has 7 nitrogen and oxygen atoms in total. The molecule has 20 heavy (non-hydrogen) atoms. The Kier molecular flexibility index (Phi) is 4.62. The molecular formula is C11H20N4O3S2. The Morgan fingerprint density at radius 1 is 1.30 bits per heavy atom. The maximum absolute atomic E-state index is 12.7. The molecule has 0 amide bonds. The molecule has 2 rings (SSSR count). The molecule has 1 aliphatic heterocycles. The summed E-state index contributed by atoms with van der Waals surface area (Å²) in [5.41, 5.74) is 6.60. The van der Waals surface area contributed by atoms with Crippen molar-refractivity contribution < 1.29 is 12.6 Å². The fourth-order valence-electron chi connectivity index (χ4n) is 2.38. The first kappa shape index (κ1) is 15.6. The summed E-state index contributed by atoms with van der Waals surface area (Å²) in [4.78, 5) is 0.263. The summed E-state index contributed by atoms with van der Waals surface area (Å²) in [7, 11) is -4.47. The Bertz CT molecular complexity index is 614. The van der Waals surface area contributed by atoms with Crippen LogP contribution in [0.2, 0.25) is 0 Å². The zero-order valence-corrected chi connectivity index (χ0v) is 13.3. The van der Waals surface area contributed by atoms with Crippen LogP contribution in [-0.4, -0.2) is 57.9 Å². The molecule has 0 aliphatic carbocycles. The van der Waals surface area contributed by atoms with Gasteiger partial charge in [0.25, 0.3) is 0 Å². The molecule has 1 aromatic heterocycles. The van der Waals surface area contributed by atoms with Crippen LogP contribution in [0.15, 0.2) is 4.90 Å². The molecule has 0 atom stereocenters. The van der Waals surface area contributed by atoms with Crippen molar-refractivity contribution in [1.82, 2.24) is 14.1 Å². The van der Waals surface area contributed by atoms with Crippen LogP contribution in [0.25, 0.3) is 0 Å². The first-order valence-electron chi connectivity index (χ1n) is 6.47. The highest BCUT2D eigenvalue weighted by molar-refractivity contribution is 7.89. The SMILES string of the molecule is Cc1nn(CCN)c(C)c1S(=O)(=O)N1CCS(=O)CC1. The summed E-state index contributed by atoms with van der Waals surface area (Å²) in [5, 5.41) is 4.25. The van der Waals surface area contributed by atoms with Gasteiger partial charge in [0.05, 0.1) is 17.9 Å². The molecule has 9 heteroatoms. The van der Waals surface area contributed by atoms with Gasteiger partial charge in [-0.25, -0.2) is 8.42 Å². The molecule has 0 aromatic carbocycles. The van der Waals surface area contributed by atoms with E-state index in [0.29, 0.717) is 49.1 Å². The third kappa shape index (κ3) is 2.80. The molecule has 0 saturated carbocycles. The van der Waals surface area contributed by atoms with Crippen LogP contribution < -0.4 is 5.73 Å². The topological polar surface area (TPSA) is 98.3 Å². The zero-order valence-electron chi connectivity index (χ0n) is 11.7. The standard InChI is InChI=1S/C11H20N4O3S2/c1-9-11(10(2)15(13-9)4-3-12)20(17,18)14-5-7-19(16)8-6-14/h3-8,12H2,1-2H3. The normalized spacial score (nSPS) is 18.6. The number of sulfonamides is 1. The van der Waals surface area contributed by atoms with Crippen LogP contribution in [0, 0.1) is 13.8 Å². The lowest BCUT2D eigenvalue weighted by molar-refractivity contribution is 0.438. The van der Waals surface area contributed by atoms with E-state index in [2.05, 4.69) is 5.10 Å². The first-order valence-corrected chi connectivity index (χ1v) is 9.40. The van der Waals surface area contributed by atoms with Crippen molar-refractivity contribution in [2.75, 3.05) is 31.1 Å². The van der Waals surface area contributed by atoms with Gasteiger partial charge in [0.15, 0.2) is 0 Å². The zero-order chi connectivity index (χ0) is 14.9. The molecule has 1 saturated heterocycles. The highest BCUT2D eigenvalue weighted by Gasteiger charge is 2.32. The van der Waals surface area contributed by atoms with Crippen molar-refractivity contribution in [2.24, 2.45) is 5.73 Å². The van der Waals surface area contributed by atoms with Crippen molar-refractivity contribution in [3.63, 3.8) is 0 Å². The predicted octanol–water partition coefficient (Wildman–Crippen LogP) is -0.788. The van der Waals surface area contributed by atoms with Crippen LogP contribution in [-0.2, 0) is 27.4 Å². The summed E-state index contributed by atoms with van der Waals surface area (Å²) in [5.74, 6) is 0.794. The average Bonchev–Trinajstić information content (AvgIpc) is 2.66. The molecule has 0 unspecified atom stereocenters. The largest absolute Gasteiger partial charge is 0.329 e. The van der Waals surface area contributed by atoms with Gasteiger partial charge in [-0.2, -0.15) is 9.40 Å². The van der Waals surface area contributed by atoms with E-state index in [1.54, 1.807) is 18.5 Å². The quantitative estimate of drug-likeness (QED) is 0.784. The molecule has 1 aliphatic rings. The maximum atomic E-state index is 12.7. The average molecular weight is 320 g/mol. The Balaban J connectivity index is 2.37. The second-order valence-electron chi connectivity index (χ2n) is 4.76. The van der Waals surface area contributed by atoms with E-state index in [1.807, 2.05) is 0 Å². The Hall–Kier alpha value is -0.770. The number of nitrogens with two attached hydrogens (primary N) is 1. The number of hydrogen-bond donors (Lipinski definition) is 1. The van der Waals surface area contributed by atoms with Gasteiger partial charge in [-0.15, -0.1) is 0 Å². The molecule has 2 N–H and O–H groups in total. The third-order valence-corrected chi connectivity index (χ3v) is 6.82. The fourth-order valence-corrected chi connectivity index (χ4v) is 5.48. The molecule has 0 bridgehead atoms. The summed E-state index contributed by atoms with van der Waals surface area (Å²) in [6.07, 6.45) is 0. The lowest BCUT2D eigenvalue weighted by atomic mass is 10.4. The molecule has 0 radical (unpaired) electrons. The van der Waals surface area contributed by atoms with Crippen molar-refractivity contribution in [3.8, 4) is 0 Å². The van der Waals surface area contributed by atoms with Crippen LogP contribution in [0.1, 0.15) is 11.4 Å². The van der Waals surface area contributed by atoms with Gasteiger partial charge in [-0.3, -0.25) is 8.89 Å². The minimum Gasteiger partial charge on any atom is -0.329 e. The molecule has 1 fully saturated rings. The lowest BCUT2D eigenvalue weighted by Crippen LogP contribution is -2.42. The number of aromatic nitrogens is 2. The van der Waals surface area contributed by atoms with Crippen LogP contribution in [0.4, 0.5) is 0 Å². The van der Waals surface area contributed by atoms with Gasteiger partial charge < -0.3 is 5.73 Å². The van der Waals surface area contributed by atoms with Crippen molar-refractivity contribution in [1.29, 1.82) is 0 Å². The molecule has 1 aromatic rings. The van der Waals surface area contributed by atoms with E-state index in [9.17, 15) is 12.6 Å². The summed E-state index contributed by atoms with van der Waals surface area (Å²) in [6, 6.07) is 0. The van der Waals surface area contributed by atoms with Crippen molar-refractivity contribution >= 4 is 20.8 Å². The summed E-state index contributed by atoms with van der Waals surface area (Å²) < 4.78 is 39.8. The van der Waals surface area contributed by atoms with Crippen LogP contribution >= 0.6 is 0 Å². The Morgan fingerprint density at radius 3 is 2.45 bits per heavy atom. The second kappa shape index (κ2) is 5.92. The van der Waals surface area contributed by atoms with Gasteiger partial charge in [0.2, 0.25) is 10.0 Å².